The predicted octanol–water partition coefficient (Wildman–Crippen LogP) is 2.46. The van der Waals surface area contributed by atoms with E-state index in [-0.39, 0.29) is 23.6 Å². The Labute approximate surface area is 123 Å². The number of carbonyl (C=O) groups excluding carboxylic acids is 1. The van der Waals surface area contributed by atoms with E-state index in [1.807, 2.05) is 0 Å². The predicted molar refractivity (Wildman–Crippen MR) is 72.4 cm³/mol. The van der Waals surface area contributed by atoms with Crippen molar-refractivity contribution in [3.05, 3.63) is 58.2 Å². The van der Waals surface area contributed by atoms with Gasteiger partial charge < -0.3 is 4.90 Å². The van der Waals surface area contributed by atoms with Crippen LogP contribution in [0.4, 0.5) is 14.5 Å². The number of rotatable bonds is 5. The first-order valence-corrected chi connectivity index (χ1v) is 6.20. The number of aromatic nitrogens is 2. The number of alkyl halides is 2. The quantitative estimate of drug-likeness (QED) is 0.627. The lowest BCUT2D eigenvalue weighted by molar-refractivity contribution is -0.384. The van der Waals surface area contributed by atoms with Crippen molar-refractivity contribution in [2.45, 2.75) is 13.1 Å². The Morgan fingerprint density at radius 2 is 2.23 bits per heavy atom. The average molecular weight is 310 g/mol. The fourth-order valence-corrected chi connectivity index (χ4v) is 1.90. The Hall–Kier alpha value is -2.84. The molecule has 116 valence electrons. The summed E-state index contributed by atoms with van der Waals surface area (Å²) < 4.78 is 26.1. The smallest absolute Gasteiger partial charge is 0.319 e. The third-order valence-electron chi connectivity index (χ3n) is 2.99. The standard InChI is InChI=1S/C13H12F2N4O3/c1-17(8-11-16-5-6-18(11)13(14)15)12(20)9-3-2-4-10(7-9)19(21)22/h2-7,13H,8H2,1H3. The van der Waals surface area contributed by atoms with Gasteiger partial charge in [-0.05, 0) is 6.07 Å². The maximum Gasteiger partial charge on any atom is 0.319 e. The van der Waals surface area contributed by atoms with Crippen molar-refractivity contribution < 1.29 is 18.5 Å². The van der Waals surface area contributed by atoms with Crippen molar-refractivity contribution >= 4 is 11.6 Å². The molecule has 0 N–H and O–H groups in total. The van der Waals surface area contributed by atoms with Crippen molar-refractivity contribution in [2.24, 2.45) is 0 Å². The number of carbonyl (C=O) groups is 1. The zero-order valence-electron chi connectivity index (χ0n) is 11.5. The number of nitro groups is 1. The average Bonchev–Trinajstić information content (AvgIpc) is 2.94. The Morgan fingerprint density at radius 1 is 1.50 bits per heavy atom. The van der Waals surface area contributed by atoms with Crippen molar-refractivity contribution in [2.75, 3.05) is 7.05 Å². The highest BCUT2D eigenvalue weighted by Gasteiger charge is 2.18. The van der Waals surface area contributed by atoms with Crippen LogP contribution in [0, 0.1) is 10.1 Å². The second-order valence-corrected chi connectivity index (χ2v) is 4.50. The normalized spacial score (nSPS) is 10.7. The summed E-state index contributed by atoms with van der Waals surface area (Å²) in [6, 6.07) is 5.21. The maximum absolute atomic E-state index is 12.7. The highest BCUT2D eigenvalue weighted by atomic mass is 19.3. The lowest BCUT2D eigenvalue weighted by Crippen LogP contribution is -2.27. The molecule has 0 radical (unpaired) electrons. The molecular formula is C13H12F2N4O3. The summed E-state index contributed by atoms with van der Waals surface area (Å²) in [4.78, 5) is 27.2. The molecule has 0 spiro atoms. The number of nitrogens with zero attached hydrogens (tertiary/aromatic N) is 4. The molecule has 0 bridgehead atoms. The van der Waals surface area contributed by atoms with Crippen molar-refractivity contribution in [1.29, 1.82) is 0 Å². The highest BCUT2D eigenvalue weighted by molar-refractivity contribution is 5.94. The molecule has 1 aromatic carbocycles. The summed E-state index contributed by atoms with van der Waals surface area (Å²) in [6.45, 7) is -2.89. The van der Waals surface area contributed by atoms with E-state index in [0.29, 0.717) is 4.57 Å². The largest absolute Gasteiger partial charge is 0.334 e. The van der Waals surface area contributed by atoms with Crippen molar-refractivity contribution in [1.82, 2.24) is 14.5 Å². The van der Waals surface area contributed by atoms with Crippen LogP contribution in [0.15, 0.2) is 36.7 Å². The van der Waals surface area contributed by atoms with Gasteiger partial charge in [0.05, 0.1) is 11.5 Å². The molecule has 1 heterocycles. The Morgan fingerprint density at radius 3 is 2.86 bits per heavy atom. The van der Waals surface area contributed by atoms with Gasteiger partial charge in [0.25, 0.3) is 11.6 Å². The molecule has 0 aliphatic heterocycles. The Bertz CT molecular complexity index is 702. The topological polar surface area (TPSA) is 81.3 Å². The number of hydrogen-bond donors (Lipinski definition) is 0. The van der Waals surface area contributed by atoms with E-state index in [0.717, 1.165) is 12.3 Å². The van der Waals surface area contributed by atoms with Crippen LogP contribution in [0.5, 0.6) is 0 Å². The molecule has 0 aliphatic carbocycles. The van der Waals surface area contributed by atoms with Gasteiger partial charge in [-0.2, -0.15) is 8.78 Å². The Balaban J connectivity index is 2.17. The summed E-state index contributed by atoms with van der Waals surface area (Å²) in [6.07, 6.45) is 2.33. The second kappa shape index (κ2) is 6.29. The van der Waals surface area contributed by atoms with Gasteiger partial charge in [-0.3, -0.25) is 19.5 Å². The van der Waals surface area contributed by atoms with Gasteiger partial charge in [0.15, 0.2) is 0 Å². The molecule has 2 aromatic rings. The van der Waals surface area contributed by atoms with Gasteiger partial charge in [-0.1, -0.05) is 6.07 Å². The van der Waals surface area contributed by atoms with Gasteiger partial charge in [0, 0.05) is 37.1 Å². The number of amides is 1. The molecule has 2 rings (SSSR count). The van der Waals surface area contributed by atoms with E-state index in [1.165, 1.54) is 36.3 Å². The zero-order chi connectivity index (χ0) is 16.3. The van der Waals surface area contributed by atoms with Gasteiger partial charge >= 0.3 is 6.55 Å². The first-order chi connectivity index (χ1) is 10.4. The zero-order valence-corrected chi connectivity index (χ0v) is 11.5. The molecule has 0 unspecified atom stereocenters. The van der Waals surface area contributed by atoms with Gasteiger partial charge in [-0.25, -0.2) is 4.98 Å². The van der Waals surface area contributed by atoms with E-state index in [9.17, 15) is 23.7 Å². The first-order valence-electron chi connectivity index (χ1n) is 6.20. The molecule has 1 amide bonds. The minimum absolute atomic E-state index is 0.0243. The molecule has 0 aliphatic rings. The summed E-state index contributed by atoms with van der Waals surface area (Å²) in [5, 5.41) is 10.7. The first kappa shape index (κ1) is 15.5. The van der Waals surface area contributed by atoms with Crippen molar-refractivity contribution in [3.63, 3.8) is 0 Å². The van der Waals surface area contributed by atoms with Crippen molar-refractivity contribution in [3.8, 4) is 0 Å². The highest BCUT2D eigenvalue weighted by Crippen LogP contribution is 2.17. The SMILES string of the molecule is CN(Cc1nccn1C(F)F)C(=O)c1cccc([N+](=O)[O-])c1. The fourth-order valence-electron chi connectivity index (χ4n) is 1.90. The molecule has 22 heavy (non-hydrogen) atoms. The summed E-state index contributed by atoms with van der Waals surface area (Å²) in [5.41, 5.74) is -0.111. The lowest BCUT2D eigenvalue weighted by atomic mass is 10.2. The second-order valence-electron chi connectivity index (χ2n) is 4.50. The van der Waals surface area contributed by atoms with Crippen LogP contribution in [0.25, 0.3) is 0 Å². The van der Waals surface area contributed by atoms with Crippen LogP contribution in [-0.4, -0.2) is 32.3 Å². The molecule has 0 saturated heterocycles. The van der Waals surface area contributed by atoms with E-state index >= 15 is 0 Å². The minimum Gasteiger partial charge on any atom is -0.334 e. The van der Waals surface area contributed by atoms with Gasteiger partial charge in [0.2, 0.25) is 0 Å². The van der Waals surface area contributed by atoms with E-state index in [2.05, 4.69) is 4.98 Å². The monoisotopic (exact) mass is 310 g/mol. The number of imidazole rings is 1. The molecule has 1 aromatic heterocycles. The van der Waals surface area contributed by atoms with Crippen LogP contribution in [0.3, 0.4) is 0 Å². The Kier molecular flexibility index (Phi) is 4.44. The van der Waals surface area contributed by atoms with E-state index in [1.54, 1.807) is 0 Å². The number of nitro benzene ring substituents is 1. The minimum atomic E-state index is -2.75. The van der Waals surface area contributed by atoms with Crippen LogP contribution in [0.1, 0.15) is 22.7 Å². The summed E-state index contributed by atoms with van der Waals surface area (Å²) in [5.74, 6) is -0.496. The number of non-ortho nitro benzene ring substituents is 1. The summed E-state index contributed by atoms with van der Waals surface area (Å²) in [7, 11) is 1.41. The molecule has 9 heteroatoms. The van der Waals surface area contributed by atoms with Crippen LogP contribution in [0.2, 0.25) is 0 Å². The number of halogens is 2. The molecular weight excluding hydrogens is 298 g/mol. The third-order valence-corrected chi connectivity index (χ3v) is 2.99. The molecule has 7 nitrogen and oxygen atoms in total. The number of benzene rings is 1. The number of hydrogen-bond acceptors (Lipinski definition) is 4. The molecule has 0 atom stereocenters. The maximum atomic E-state index is 12.7. The van der Waals surface area contributed by atoms with Crippen LogP contribution >= 0.6 is 0 Å². The van der Waals surface area contributed by atoms with E-state index in [4.69, 9.17) is 0 Å². The van der Waals surface area contributed by atoms with E-state index < -0.39 is 17.4 Å². The molecule has 0 fully saturated rings. The van der Waals surface area contributed by atoms with Gasteiger partial charge in [-0.15, -0.1) is 0 Å². The fraction of sp³-hybridized carbons (Fsp3) is 0.231. The summed E-state index contributed by atoms with van der Waals surface area (Å²) >= 11 is 0. The third kappa shape index (κ3) is 3.25. The lowest BCUT2D eigenvalue weighted by Gasteiger charge is -2.17. The van der Waals surface area contributed by atoms with Gasteiger partial charge in [0.1, 0.15) is 5.82 Å². The molecule has 0 saturated carbocycles. The van der Waals surface area contributed by atoms with Crippen LogP contribution < -0.4 is 0 Å². The van der Waals surface area contributed by atoms with Crippen LogP contribution in [-0.2, 0) is 6.54 Å².